The molecule has 624 valence electrons. The van der Waals surface area contributed by atoms with Crippen LogP contribution in [0.1, 0.15) is 0 Å². The summed E-state index contributed by atoms with van der Waals surface area (Å²) in [6.45, 7) is -8.96. The van der Waals surface area contributed by atoms with Crippen molar-refractivity contribution >= 4 is 0 Å². The molecule has 105 heavy (non-hydrogen) atoms. The predicted molar refractivity (Wildman–Crippen MR) is 315 cm³/mol. The maximum Gasteiger partial charge on any atom is 0.224 e. The zero-order valence-corrected chi connectivity index (χ0v) is 54.8. The maximum atomic E-state index is 10.6. The molecule has 9 fully saturated rings. The van der Waals surface area contributed by atoms with E-state index in [1.54, 1.807) is 0 Å². The highest BCUT2D eigenvalue weighted by Crippen LogP contribution is 2.39. The largest absolute Gasteiger partial charge is 0.412 e. The lowest BCUT2D eigenvalue weighted by Crippen LogP contribution is -2.64. The minimum absolute atomic E-state index is 0. The molecule has 0 amide bonds. The molecule has 0 saturated carbocycles. The summed E-state index contributed by atoms with van der Waals surface area (Å²) in [5.41, 5.74) is 0. The van der Waals surface area contributed by atoms with Gasteiger partial charge in [-0.1, -0.05) is 0 Å². The monoisotopic (exact) mass is 1570 g/mol. The van der Waals surface area contributed by atoms with Gasteiger partial charge in [-0.05, 0) is 0 Å². The van der Waals surface area contributed by atoms with Gasteiger partial charge in [0.1, 0.15) is 221 Å². The van der Waals surface area contributed by atoms with E-state index in [9.17, 15) is 158 Å². The van der Waals surface area contributed by atoms with Gasteiger partial charge in [0.15, 0.2) is 44.0 Å². The maximum absolute atomic E-state index is 10.6. The van der Waals surface area contributed by atoms with Crippen LogP contribution < -0.4 is 0 Å². The Kier molecular flexibility index (Phi) is 36.9. The van der Waals surface area contributed by atoms with Crippen LogP contribution in [0.25, 0.3) is 0 Å². The molecule has 39 N–H and O–H groups in total. The molecule has 51 nitrogen and oxygen atoms in total. The van der Waals surface area contributed by atoms with Crippen molar-refractivity contribution in [3.05, 3.63) is 0 Å². The van der Waals surface area contributed by atoms with E-state index in [0.29, 0.717) is 0 Å². The van der Waals surface area contributed by atoms with Crippen LogP contribution in [0.2, 0.25) is 0 Å². The lowest BCUT2D eigenvalue weighted by atomic mass is 9.97. The summed E-state index contributed by atoms with van der Waals surface area (Å²) in [6, 6.07) is 0. The second-order valence-corrected chi connectivity index (χ2v) is 25.4. The summed E-state index contributed by atoms with van der Waals surface area (Å²) in [5, 5.41) is 316. The molecule has 0 unspecified atom stereocenters. The molecule has 43 atom stereocenters. The minimum atomic E-state index is -2.47. The topological polar surface area (TPSA) is 901 Å². The molecule has 0 bridgehead atoms. The summed E-state index contributed by atoms with van der Waals surface area (Å²) < 4.78 is 86.4. The molecule has 0 aromatic carbocycles. The third-order valence-electron chi connectivity index (χ3n) is 18.6. The predicted octanol–water partition coefficient (Wildman–Crippen LogP) is -25.0. The van der Waals surface area contributed by atoms with Crippen LogP contribution in [0, 0.1) is 0 Å². The molecule has 51 heteroatoms. The van der Waals surface area contributed by atoms with Crippen molar-refractivity contribution in [3.63, 3.8) is 0 Å². The summed E-state index contributed by atoms with van der Waals surface area (Å²) in [4.78, 5) is 0. The zero-order valence-electron chi connectivity index (χ0n) is 54.8. The first-order chi connectivity index (χ1) is 47.6. The normalized spacial score (nSPS) is 50.8. The van der Waals surface area contributed by atoms with Gasteiger partial charge in [-0.25, -0.2) is 0 Å². The van der Waals surface area contributed by atoms with Crippen LogP contribution in [0.3, 0.4) is 0 Å². The van der Waals surface area contributed by atoms with Crippen molar-refractivity contribution in [3.8, 4) is 0 Å². The quantitative estimate of drug-likeness (QED) is 0.0404. The van der Waals surface area contributed by atoms with Gasteiger partial charge in [0, 0.05) is 0 Å². The molecule has 0 aliphatic carbocycles. The summed E-state index contributed by atoms with van der Waals surface area (Å²) in [7, 11) is 0. The van der Waals surface area contributed by atoms with E-state index in [1.807, 2.05) is 0 Å². The molecule has 9 heterocycles. The van der Waals surface area contributed by atoms with Gasteiger partial charge < -0.3 is 256 Å². The molecule has 9 aliphatic rings. The van der Waals surface area contributed by atoms with E-state index >= 15 is 0 Å². The SMILES string of the molecule is O.O.O.O.OC[C@H]1O[C@H](OC[C@H]2O[C@H](OC[C@H]3O[C@H](OC[C@H]4O[C@H](O[C@]5(CO)O[C@H](CO)[C@@H](O)[C@@H]5O)[C@H](O)[C@@H](O)[C@@H]4O)[C@H](O)[C@@H](O)[C@H]3O)[C@H](O)[C@@H](O)[C@H]2O)[C@H](O)[C@@H](O)[C@H]1O.OC[C@H]1O[C@H](OC[C@H]2O[C@H](OC[C@H]3O[C@H](O[C@]4(CO)O[C@H](CO)[C@@H](O)[C@@H]4O)[C@H](O)[C@@H](O)[C@@H]3O)[C@H](O)[C@@H](O)[C@H]2O)[C@H](O)[C@@H](O)[C@H]1O. The molecule has 0 radical (unpaired) electrons. The molecule has 9 aliphatic heterocycles. The van der Waals surface area contributed by atoms with Gasteiger partial charge in [-0.2, -0.15) is 0 Å². The lowest BCUT2D eigenvalue weighted by Gasteiger charge is -2.45. The van der Waals surface area contributed by atoms with Crippen molar-refractivity contribution in [1.29, 1.82) is 0 Å². The molecule has 9 rings (SSSR count). The molecule has 0 spiro atoms. The molecule has 0 aromatic heterocycles. The van der Waals surface area contributed by atoms with Crippen LogP contribution >= 0.6 is 0 Å². The second kappa shape index (κ2) is 40.6. The minimum Gasteiger partial charge on any atom is -0.412 e. The van der Waals surface area contributed by atoms with Crippen molar-refractivity contribution in [2.45, 2.75) is 263 Å². The first-order valence-corrected chi connectivity index (χ1v) is 31.7. The fourth-order valence-corrected chi connectivity index (χ4v) is 12.2. The molecular weight excluding hydrogens is 1460 g/mol. The highest BCUT2D eigenvalue weighted by molar-refractivity contribution is 5.02. The van der Waals surface area contributed by atoms with E-state index < -0.39 is 336 Å². The first kappa shape index (κ1) is 95.3. The van der Waals surface area contributed by atoms with Crippen molar-refractivity contribution in [2.75, 3.05) is 72.7 Å². The molecule has 0 aromatic rings. The average molecular weight is 1570 g/mol. The average Bonchev–Trinajstić information content (AvgIpc) is 1.71. The van der Waals surface area contributed by atoms with Gasteiger partial charge in [-0.3, -0.25) is 0 Å². The zero-order chi connectivity index (χ0) is 74.8. The van der Waals surface area contributed by atoms with Gasteiger partial charge in [0.2, 0.25) is 11.6 Å². The number of hydrogen-bond acceptors (Lipinski definition) is 47. The van der Waals surface area contributed by atoms with Gasteiger partial charge >= 0.3 is 0 Å². The number of ether oxygens (including phenoxy) is 16. The Bertz CT molecular complexity index is 2480. The Morgan fingerprint density at radius 1 is 0.200 bits per heavy atom. The Morgan fingerprint density at radius 3 is 0.552 bits per heavy atom. The first-order valence-electron chi connectivity index (χ1n) is 31.7. The van der Waals surface area contributed by atoms with Crippen LogP contribution in [0.5, 0.6) is 0 Å². The summed E-state index contributed by atoms with van der Waals surface area (Å²) in [5.74, 6) is -4.90. The summed E-state index contributed by atoms with van der Waals surface area (Å²) in [6.07, 6.45) is -72.6. The number of aliphatic hydroxyl groups is 31. The van der Waals surface area contributed by atoms with Crippen molar-refractivity contribution < 1.29 is 256 Å². The Morgan fingerprint density at radius 2 is 0.371 bits per heavy atom. The van der Waals surface area contributed by atoms with Crippen molar-refractivity contribution in [2.24, 2.45) is 0 Å². The van der Waals surface area contributed by atoms with Crippen LogP contribution in [0.4, 0.5) is 0 Å². The Labute approximate surface area is 590 Å². The van der Waals surface area contributed by atoms with E-state index in [2.05, 4.69) is 0 Å². The Balaban J connectivity index is 0.000000437. The smallest absolute Gasteiger partial charge is 0.224 e. The number of aliphatic hydroxyl groups excluding tert-OH is 31. The van der Waals surface area contributed by atoms with E-state index in [-0.39, 0.29) is 21.9 Å². The number of hydrogen-bond donors (Lipinski definition) is 31. The van der Waals surface area contributed by atoms with E-state index in [1.165, 1.54) is 0 Å². The van der Waals surface area contributed by atoms with Gasteiger partial charge in [0.25, 0.3) is 0 Å². The van der Waals surface area contributed by atoms with Crippen molar-refractivity contribution in [1.82, 2.24) is 0 Å². The fourth-order valence-electron chi connectivity index (χ4n) is 12.2. The highest BCUT2D eigenvalue weighted by Gasteiger charge is 2.61. The van der Waals surface area contributed by atoms with Crippen LogP contribution in [-0.4, -0.2) is 516 Å². The van der Waals surface area contributed by atoms with Crippen LogP contribution in [0.15, 0.2) is 0 Å². The van der Waals surface area contributed by atoms with Gasteiger partial charge in [0.05, 0.1) is 59.5 Å². The van der Waals surface area contributed by atoms with Crippen LogP contribution in [-0.2, 0) is 75.8 Å². The summed E-state index contributed by atoms with van der Waals surface area (Å²) >= 11 is 0. The lowest BCUT2D eigenvalue weighted by molar-refractivity contribution is -0.388. The second-order valence-electron chi connectivity index (χ2n) is 25.4. The fraction of sp³-hybridized carbons (Fsp3) is 1.00. The third-order valence-corrected chi connectivity index (χ3v) is 18.6. The van der Waals surface area contributed by atoms with E-state index in [4.69, 9.17) is 75.8 Å². The number of rotatable bonds is 25. The highest BCUT2D eigenvalue weighted by atomic mass is 16.8. The Hall–Kier alpha value is -2.04. The standard InChI is InChI=1S/C30H52O26.C24H42O21.4H2O/c31-1-7-12(34)17(39)21(43)26(51-7)48-3-9-13(35)18(40)22(44)27(52-9)49-4-10-14(36)19(41)23(45)28(53-10)50-5-11-15(37)20(42)24(46)29(54-11)56-30(6-33)25(47)16(38)8(2-32)55-30;25-1-6-10(28)14(32)17(35)21(41-6)39-3-8-11(29)15(33)18(36)22(42-8)40-4-9-12(30)16(34)19(37)23(43-9)45-24(5-27)20(38)13(31)7(2-26)44-24;;;;/h7-29,31-47H,1-6H2;6-23,25-38H,1-5H2;4*1H2/t7-,8-,9-,10-,11-,12+,13+,14+,15-,16-,17+,18+,19+,20+,21-,22-,23-,24-,25+,26+,27+,28+,29-,30+;6-,7-,8-,9-,10+,11+,12-,13-,14+,15+,16+,17-,18-,19-,20+,21+,22+,23-,24+;;;;/m11..../s1. The van der Waals surface area contributed by atoms with Gasteiger partial charge in [-0.15, -0.1) is 0 Å². The molecule has 9 saturated heterocycles. The molecular formula is C54H102O51. The van der Waals surface area contributed by atoms with E-state index in [0.717, 1.165) is 0 Å². The third kappa shape index (κ3) is 20.1.